The molecular weight excluding hydrogens is 250 g/mol. The number of thiocarbonyl (C=S) groups is 1. The molecule has 17 heavy (non-hydrogen) atoms. The molecule has 0 unspecified atom stereocenters. The second-order valence-corrected chi connectivity index (χ2v) is 5.73. The average molecular weight is 267 g/mol. The van der Waals surface area contributed by atoms with Crippen LogP contribution in [0.25, 0.3) is 0 Å². The molecule has 0 aliphatic heterocycles. The van der Waals surface area contributed by atoms with Crippen molar-refractivity contribution in [3.8, 4) is 0 Å². The maximum absolute atomic E-state index is 11.9. The van der Waals surface area contributed by atoms with Crippen LogP contribution >= 0.6 is 24.0 Å². The lowest BCUT2D eigenvalue weighted by Crippen LogP contribution is -2.17. The molecule has 0 atom stereocenters. The van der Waals surface area contributed by atoms with Gasteiger partial charge in [0.1, 0.15) is 4.32 Å². The van der Waals surface area contributed by atoms with Crippen molar-refractivity contribution in [2.45, 2.75) is 13.3 Å². The first-order valence-corrected chi connectivity index (χ1v) is 6.84. The zero-order valence-electron chi connectivity index (χ0n) is 10.4. The Hall–Kier alpha value is -0.870. The van der Waals surface area contributed by atoms with Crippen molar-refractivity contribution >= 4 is 34.1 Å². The van der Waals surface area contributed by atoms with Gasteiger partial charge in [0.25, 0.3) is 0 Å². The Bertz CT molecular complexity index is 416. The Kier molecular flexibility index (Phi) is 5.65. The molecule has 92 valence electrons. The molecular formula is C13H17NOS2. The standard InChI is InChI=1S/C13H17NOS2/c1-10-6-4-5-7-11(10)12(15)8-9-17-13(16)14(2)3/h4-7H,8-9H2,1-3H3. The first-order valence-electron chi connectivity index (χ1n) is 5.45. The van der Waals surface area contributed by atoms with E-state index in [4.69, 9.17) is 12.2 Å². The van der Waals surface area contributed by atoms with E-state index in [1.807, 2.05) is 50.2 Å². The molecule has 0 aliphatic rings. The van der Waals surface area contributed by atoms with Gasteiger partial charge in [0.2, 0.25) is 0 Å². The van der Waals surface area contributed by atoms with Gasteiger partial charge in [-0.3, -0.25) is 4.79 Å². The molecule has 4 heteroatoms. The Morgan fingerprint density at radius 2 is 2.00 bits per heavy atom. The SMILES string of the molecule is Cc1ccccc1C(=O)CCSC(=S)N(C)C. The van der Waals surface area contributed by atoms with Crippen molar-refractivity contribution in [2.75, 3.05) is 19.8 Å². The molecule has 0 heterocycles. The van der Waals surface area contributed by atoms with E-state index in [1.165, 1.54) is 0 Å². The molecule has 0 amide bonds. The minimum atomic E-state index is 0.192. The molecule has 2 nitrogen and oxygen atoms in total. The van der Waals surface area contributed by atoms with Crippen LogP contribution in [0.3, 0.4) is 0 Å². The second-order valence-electron chi connectivity index (χ2n) is 4.00. The highest BCUT2D eigenvalue weighted by molar-refractivity contribution is 8.22. The number of hydrogen-bond acceptors (Lipinski definition) is 3. The maximum atomic E-state index is 11.9. The number of rotatable bonds is 4. The fraction of sp³-hybridized carbons (Fsp3) is 0.385. The van der Waals surface area contributed by atoms with E-state index in [0.717, 1.165) is 21.2 Å². The number of thioether (sulfide) groups is 1. The van der Waals surface area contributed by atoms with Gasteiger partial charge in [0.05, 0.1) is 0 Å². The third-order valence-electron chi connectivity index (χ3n) is 2.37. The zero-order valence-corrected chi connectivity index (χ0v) is 12.0. The van der Waals surface area contributed by atoms with Crippen LogP contribution < -0.4 is 0 Å². The molecule has 0 radical (unpaired) electrons. The topological polar surface area (TPSA) is 20.3 Å². The largest absolute Gasteiger partial charge is 0.364 e. The number of benzene rings is 1. The summed E-state index contributed by atoms with van der Waals surface area (Å²) < 4.78 is 0.822. The molecule has 0 aromatic heterocycles. The lowest BCUT2D eigenvalue weighted by atomic mass is 10.0. The summed E-state index contributed by atoms with van der Waals surface area (Å²) in [6, 6.07) is 7.69. The Morgan fingerprint density at radius 3 is 2.59 bits per heavy atom. The molecule has 0 aliphatic carbocycles. The van der Waals surface area contributed by atoms with Gasteiger partial charge in [-0.15, -0.1) is 0 Å². The van der Waals surface area contributed by atoms with Crippen molar-refractivity contribution in [1.29, 1.82) is 0 Å². The van der Waals surface area contributed by atoms with E-state index < -0.39 is 0 Å². The molecule has 0 bridgehead atoms. The van der Waals surface area contributed by atoms with Crippen molar-refractivity contribution in [1.82, 2.24) is 4.90 Å². The van der Waals surface area contributed by atoms with Crippen LogP contribution in [-0.4, -0.2) is 34.9 Å². The van der Waals surface area contributed by atoms with Gasteiger partial charge in [-0.25, -0.2) is 0 Å². The highest BCUT2D eigenvalue weighted by atomic mass is 32.2. The molecule has 1 aromatic rings. The summed E-state index contributed by atoms with van der Waals surface area (Å²) in [5, 5.41) is 0. The monoisotopic (exact) mass is 267 g/mol. The first kappa shape index (κ1) is 14.2. The van der Waals surface area contributed by atoms with E-state index in [2.05, 4.69) is 0 Å². The number of Topliss-reactive ketones (excluding diaryl/α,β-unsaturated/α-hetero) is 1. The number of hydrogen-bond donors (Lipinski definition) is 0. The summed E-state index contributed by atoms with van der Waals surface area (Å²) in [6.45, 7) is 1.96. The Morgan fingerprint density at radius 1 is 1.35 bits per heavy atom. The number of aryl methyl sites for hydroxylation is 1. The second kappa shape index (κ2) is 6.77. The van der Waals surface area contributed by atoms with Gasteiger partial charge in [0.15, 0.2) is 5.78 Å². The molecule has 0 N–H and O–H groups in total. The fourth-order valence-corrected chi connectivity index (χ4v) is 2.35. The van der Waals surface area contributed by atoms with E-state index in [-0.39, 0.29) is 5.78 Å². The molecule has 0 saturated heterocycles. The summed E-state index contributed by atoms with van der Waals surface area (Å²) in [7, 11) is 3.83. The molecule has 1 aromatic carbocycles. The van der Waals surface area contributed by atoms with Crippen LogP contribution in [0.5, 0.6) is 0 Å². The minimum Gasteiger partial charge on any atom is -0.364 e. The van der Waals surface area contributed by atoms with E-state index >= 15 is 0 Å². The number of carbonyl (C=O) groups is 1. The van der Waals surface area contributed by atoms with Gasteiger partial charge >= 0.3 is 0 Å². The normalized spacial score (nSPS) is 10.1. The van der Waals surface area contributed by atoms with E-state index in [9.17, 15) is 4.79 Å². The van der Waals surface area contributed by atoms with Crippen molar-refractivity contribution < 1.29 is 4.79 Å². The summed E-state index contributed by atoms with van der Waals surface area (Å²) >= 11 is 6.70. The summed E-state index contributed by atoms with van der Waals surface area (Å²) in [5.41, 5.74) is 1.86. The predicted molar refractivity (Wildman–Crippen MR) is 78.9 cm³/mol. The van der Waals surface area contributed by atoms with Crippen molar-refractivity contribution in [3.05, 3.63) is 35.4 Å². The minimum absolute atomic E-state index is 0.192. The quantitative estimate of drug-likeness (QED) is 0.616. The van der Waals surface area contributed by atoms with Crippen molar-refractivity contribution in [3.63, 3.8) is 0 Å². The summed E-state index contributed by atoms with van der Waals surface area (Å²) in [5.74, 6) is 0.932. The smallest absolute Gasteiger partial charge is 0.163 e. The van der Waals surface area contributed by atoms with Crippen LogP contribution in [0.15, 0.2) is 24.3 Å². The zero-order chi connectivity index (χ0) is 12.8. The van der Waals surface area contributed by atoms with Crippen LogP contribution in [0.1, 0.15) is 22.3 Å². The van der Waals surface area contributed by atoms with Gasteiger partial charge in [0, 0.05) is 31.8 Å². The average Bonchev–Trinajstić information content (AvgIpc) is 2.29. The van der Waals surface area contributed by atoms with Crippen LogP contribution in [0.4, 0.5) is 0 Å². The molecule has 1 rings (SSSR count). The van der Waals surface area contributed by atoms with Crippen molar-refractivity contribution in [2.24, 2.45) is 0 Å². The third-order valence-corrected chi connectivity index (χ3v) is 4.10. The lowest BCUT2D eigenvalue weighted by Gasteiger charge is -2.12. The van der Waals surface area contributed by atoms with Gasteiger partial charge in [-0.2, -0.15) is 0 Å². The fourth-order valence-electron chi connectivity index (χ4n) is 1.38. The van der Waals surface area contributed by atoms with Gasteiger partial charge in [-0.05, 0) is 12.5 Å². The number of carbonyl (C=O) groups excluding carboxylic acids is 1. The first-order chi connectivity index (χ1) is 8.02. The molecule has 0 saturated carbocycles. The van der Waals surface area contributed by atoms with E-state index in [1.54, 1.807) is 11.8 Å². The highest BCUT2D eigenvalue weighted by Gasteiger charge is 2.09. The lowest BCUT2D eigenvalue weighted by molar-refractivity contribution is 0.0989. The maximum Gasteiger partial charge on any atom is 0.163 e. The molecule has 0 fully saturated rings. The van der Waals surface area contributed by atoms with E-state index in [0.29, 0.717) is 6.42 Å². The Labute approximate surface area is 112 Å². The highest BCUT2D eigenvalue weighted by Crippen LogP contribution is 2.13. The van der Waals surface area contributed by atoms with Crippen LogP contribution in [-0.2, 0) is 0 Å². The number of ketones is 1. The third kappa shape index (κ3) is 4.48. The van der Waals surface area contributed by atoms with Gasteiger partial charge < -0.3 is 4.90 Å². The molecule has 0 spiro atoms. The van der Waals surface area contributed by atoms with Gasteiger partial charge in [-0.1, -0.05) is 48.2 Å². The van der Waals surface area contributed by atoms with Crippen LogP contribution in [0, 0.1) is 6.92 Å². The predicted octanol–water partition coefficient (Wildman–Crippen LogP) is 3.15. The Balaban J connectivity index is 2.46. The van der Waals surface area contributed by atoms with Crippen LogP contribution in [0.2, 0.25) is 0 Å². The number of nitrogens with zero attached hydrogens (tertiary/aromatic N) is 1. The summed E-state index contributed by atoms with van der Waals surface area (Å²) in [6.07, 6.45) is 0.531. The summed E-state index contributed by atoms with van der Waals surface area (Å²) in [4.78, 5) is 13.8.